The van der Waals surface area contributed by atoms with E-state index in [4.69, 9.17) is 4.42 Å². The highest BCUT2D eigenvalue weighted by Gasteiger charge is 2.15. The van der Waals surface area contributed by atoms with Crippen LogP contribution in [0.25, 0.3) is 11.0 Å². The van der Waals surface area contributed by atoms with Crippen LogP contribution >= 0.6 is 0 Å². The average Bonchev–Trinajstić information content (AvgIpc) is 3.15. The number of hydrogen-bond donors (Lipinski definition) is 2. The Morgan fingerprint density at radius 3 is 2.32 bits per heavy atom. The fourth-order valence-corrected chi connectivity index (χ4v) is 2.90. The Labute approximate surface area is 162 Å². The summed E-state index contributed by atoms with van der Waals surface area (Å²) in [6.07, 6.45) is 0. The van der Waals surface area contributed by atoms with Gasteiger partial charge in [0.2, 0.25) is 0 Å². The molecule has 0 atom stereocenters. The van der Waals surface area contributed by atoms with Crippen molar-refractivity contribution >= 4 is 34.2 Å². The summed E-state index contributed by atoms with van der Waals surface area (Å²) in [5.74, 6) is -0.384. The van der Waals surface area contributed by atoms with Crippen molar-refractivity contribution in [2.75, 3.05) is 10.6 Å². The molecule has 0 radical (unpaired) electrons. The van der Waals surface area contributed by atoms with Gasteiger partial charge in [-0.2, -0.15) is 0 Å². The minimum atomic E-state index is -0.361. The normalized spacial score (nSPS) is 10.6. The van der Waals surface area contributed by atoms with Crippen LogP contribution in [0.1, 0.15) is 26.5 Å². The third-order valence-electron chi connectivity index (χ3n) is 4.43. The molecule has 3 aromatic carbocycles. The molecule has 5 nitrogen and oxygen atoms in total. The Balaban J connectivity index is 1.55. The third-order valence-corrected chi connectivity index (χ3v) is 4.43. The van der Waals surface area contributed by atoms with E-state index in [9.17, 15) is 9.59 Å². The van der Waals surface area contributed by atoms with Crippen molar-refractivity contribution in [3.8, 4) is 0 Å². The van der Waals surface area contributed by atoms with Crippen LogP contribution in [0.2, 0.25) is 0 Å². The van der Waals surface area contributed by atoms with Crippen LogP contribution in [0.4, 0.5) is 11.4 Å². The van der Waals surface area contributed by atoms with Crippen LogP contribution in [0.15, 0.2) is 83.3 Å². The molecule has 28 heavy (non-hydrogen) atoms. The molecule has 0 unspecified atom stereocenters. The van der Waals surface area contributed by atoms with E-state index in [1.807, 2.05) is 61.5 Å². The fraction of sp³-hybridized carbons (Fsp3) is 0.0435. The van der Waals surface area contributed by atoms with Gasteiger partial charge in [0.15, 0.2) is 5.76 Å². The second-order valence-corrected chi connectivity index (χ2v) is 6.45. The molecule has 138 valence electrons. The number of benzene rings is 3. The number of fused-ring (bicyclic) bond motifs is 1. The summed E-state index contributed by atoms with van der Waals surface area (Å²) < 4.78 is 5.61. The summed E-state index contributed by atoms with van der Waals surface area (Å²) in [7, 11) is 0. The van der Waals surface area contributed by atoms with Crippen molar-refractivity contribution < 1.29 is 14.0 Å². The maximum Gasteiger partial charge on any atom is 0.291 e. The number of carbonyl (C=O) groups is 2. The summed E-state index contributed by atoms with van der Waals surface area (Å²) >= 11 is 0. The van der Waals surface area contributed by atoms with Crippen LogP contribution in [0, 0.1) is 6.92 Å². The van der Waals surface area contributed by atoms with Gasteiger partial charge in [-0.25, -0.2) is 0 Å². The lowest BCUT2D eigenvalue weighted by molar-refractivity contribution is 0.0995. The highest BCUT2D eigenvalue weighted by Crippen LogP contribution is 2.22. The minimum Gasteiger partial charge on any atom is -0.451 e. The van der Waals surface area contributed by atoms with E-state index < -0.39 is 0 Å². The second-order valence-electron chi connectivity index (χ2n) is 6.45. The molecule has 2 amide bonds. The molecular formula is C23H18N2O3. The number of rotatable bonds is 4. The molecule has 0 aliphatic rings. The molecule has 0 aliphatic carbocycles. The number of para-hydroxylation sites is 2. The standard InChI is InChI=1S/C23H18N2O3/c1-15-11-12-17(22(26)24-18-8-3-2-4-9-18)13-19(15)25-23(27)21-14-16-7-5-6-10-20(16)28-21/h2-14H,1H3,(H,24,26)(H,25,27). The van der Waals surface area contributed by atoms with E-state index in [1.54, 1.807) is 24.3 Å². The van der Waals surface area contributed by atoms with Crippen LogP contribution in [-0.2, 0) is 0 Å². The van der Waals surface area contributed by atoms with E-state index in [0.717, 1.165) is 10.9 Å². The first-order chi connectivity index (χ1) is 13.6. The van der Waals surface area contributed by atoms with Crippen LogP contribution in [0.3, 0.4) is 0 Å². The molecule has 5 heteroatoms. The highest BCUT2D eigenvalue weighted by molar-refractivity contribution is 6.07. The van der Waals surface area contributed by atoms with E-state index in [-0.39, 0.29) is 17.6 Å². The zero-order chi connectivity index (χ0) is 19.5. The number of nitrogens with one attached hydrogen (secondary N) is 2. The van der Waals surface area contributed by atoms with Crippen LogP contribution in [-0.4, -0.2) is 11.8 Å². The Hall–Kier alpha value is -3.86. The van der Waals surface area contributed by atoms with Gasteiger partial charge in [0, 0.05) is 22.3 Å². The topological polar surface area (TPSA) is 71.3 Å². The predicted molar refractivity (Wildman–Crippen MR) is 110 cm³/mol. The zero-order valence-electron chi connectivity index (χ0n) is 15.2. The lowest BCUT2D eigenvalue weighted by Crippen LogP contribution is -2.15. The lowest BCUT2D eigenvalue weighted by Gasteiger charge is -2.10. The molecule has 1 heterocycles. The Morgan fingerprint density at radius 2 is 1.54 bits per heavy atom. The first-order valence-electron chi connectivity index (χ1n) is 8.87. The number of aryl methyl sites for hydroxylation is 1. The SMILES string of the molecule is Cc1ccc(C(=O)Nc2ccccc2)cc1NC(=O)c1cc2ccccc2o1. The van der Waals surface area contributed by atoms with E-state index in [1.165, 1.54) is 0 Å². The van der Waals surface area contributed by atoms with Gasteiger partial charge in [-0.15, -0.1) is 0 Å². The van der Waals surface area contributed by atoms with Crippen molar-refractivity contribution in [2.45, 2.75) is 6.92 Å². The molecule has 1 aromatic heterocycles. The van der Waals surface area contributed by atoms with Crippen LogP contribution in [0.5, 0.6) is 0 Å². The molecule has 0 bridgehead atoms. The van der Waals surface area contributed by atoms with Gasteiger partial charge < -0.3 is 15.1 Å². The first kappa shape index (κ1) is 17.5. The Bertz CT molecular complexity index is 1130. The number of amides is 2. The fourth-order valence-electron chi connectivity index (χ4n) is 2.90. The number of hydrogen-bond acceptors (Lipinski definition) is 3. The average molecular weight is 370 g/mol. The predicted octanol–water partition coefficient (Wildman–Crippen LogP) is 5.25. The zero-order valence-corrected chi connectivity index (χ0v) is 15.2. The summed E-state index contributed by atoms with van der Waals surface area (Å²) in [4.78, 5) is 25.1. The lowest BCUT2D eigenvalue weighted by atomic mass is 10.1. The first-order valence-corrected chi connectivity index (χ1v) is 8.87. The van der Waals surface area contributed by atoms with E-state index in [0.29, 0.717) is 22.5 Å². The quantitative estimate of drug-likeness (QED) is 0.516. The monoisotopic (exact) mass is 370 g/mol. The van der Waals surface area contributed by atoms with Gasteiger partial charge in [-0.05, 0) is 48.9 Å². The molecule has 0 fully saturated rings. The molecule has 0 spiro atoms. The van der Waals surface area contributed by atoms with Crippen molar-refractivity contribution in [1.29, 1.82) is 0 Å². The van der Waals surface area contributed by atoms with Gasteiger partial charge in [-0.3, -0.25) is 9.59 Å². The Kier molecular flexibility index (Phi) is 4.64. The molecule has 0 aliphatic heterocycles. The molecule has 2 N–H and O–H groups in total. The summed E-state index contributed by atoms with van der Waals surface area (Å²) in [5.41, 5.74) is 3.22. The molecular weight excluding hydrogens is 352 g/mol. The number of furan rings is 1. The van der Waals surface area contributed by atoms with Gasteiger partial charge >= 0.3 is 0 Å². The minimum absolute atomic E-state index is 0.222. The third kappa shape index (κ3) is 3.64. The van der Waals surface area contributed by atoms with Crippen molar-refractivity contribution in [1.82, 2.24) is 0 Å². The molecule has 4 aromatic rings. The van der Waals surface area contributed by atoms with E-state index in [2.05, 4.69) is 10.6 Å². The van der Waals surface area contributed by atoms with Gasteiger partial charge in [-0.1, -0.05) is 42.5 Å². The molecule has 0 saturated heterocycles. The number of anilines is 2. The van der Waals surface area contributed by atoms with Crippen molar-refractivity contribution in [3.05, 3.63) is 95.7 Å². The van der Waals surface area contributed by atoms with Gasteiger partial charge in [0.25, 0.3) is 11.8 Å². The summed E-state index contributed by atoms with van der Waals surface area (Å²) in [5, 5.41) is 6.53. The molecule has 0 saturated carbocycles. The number of carbonyl (C=O) groups excluding carboxylic acids is 2. The summed E-state index contributed by atoms with van der Waals surface area (Å²) in [6.45, 7) is 1.87. The smallest absolute Gasteiger partial charge is 0.291 e. The highest BCUT2D eigenvalue weighted by atomic mass is 16.3. The van der Waals surface area contributed by atoms with Crippen molar-refractivity contribution in [3.63, 3.8) is 0 Å². The van der Waals surface area contributed by atoms with Gasteiger partial charge in [0.05, 0.1) is 0 Å². The van der Waals surface area contributed by atoms with Crippen molar-refractivity contribution in [2.24, 2.45) is 0 Å². The maximum absolute atomic E-state index is 12.6. The Morgan fingerprint density at radius 1 is 0.786 bits per heavy atom. The maximum atomic E-state index is 12.6. The summed E-state index contributed by atoms with van der Waals surface area (Å²) in [6, 6.07) is 23.5. The molecule has 4 rings (SSSR count). The largest absolute Gasteiger partial charge is 0.451 e. The van der Waals surface area contributed by atoms with E-state index >= 15 is 0 Å². The van der Waals surface area contributed by atoms with Gasteiger partial charge in [0.1, 0.15) is 5.58 Å². The second kappa shape index (κ2) is 7.40. The van der Waals surface area contributed by atoms with Crippen LogP contribution < -0.4 is 10.6 Å².